The van der Waals surface area contributed by atoms with Gasteiger partial charge in [-0.3, -0.25) is 4.79 Å². The fraction of sp³-hybridized carbons (Fsp3) is 0.700. The van der Waals surface area contributed by atoms with Crippen molar-refractivity contribution >= 4 is 28.2 Å². The van der Waals surface area contributed by atoms with Crippen molar-refractivity contribution in [2.45, 2.75) is 58.8 Å². The topological polar surface area (TPSA) is 55.4 Å². The van der Waals surface area contributed by atoms with E-state index in [0.29, 0.717) is 24.0 Å². The van der Waals surface area contributed by atoms with E-state index in [4.69, 9.17) is 4.74 Å². The monoisotopic (exact) mass is 361 g/mol. The predicted molar refractivity (Wildman–Crippen MR) is 99.0 cm³/mol. The van der Waals surface area contributed by atoms with E-state index in [1.54, 1.807) is 11.3 Å². The summed E-state index contributed by atoms with van der Waals surface area (Å²) in [5.74, 6) is 1.89. The first-order chi connectivity index (χ1) is 12.1. The predicted octanol–water partition coefficient (Wildman–Crippen LogP) is 4.42. The molecule has 136 valence electrons. The van der Waals surface area contributed by atoms with Crippen LogP contribution in [0.1, 0.15) is 66.8 Å². The van der Waals surface area contributed by atoms with Gasteiger partial charge < -0.3 is 10.1 Å². The molecule has 2 fully saturated rings. The van der Waals surface area contributed by atoms with Crippen molar-refractivity contribution in [3.63, 3.8) is 0 Å². The SMILES string of the molecule is CCOC(=O)c1c(NC(=O)[C@H]2C[C@H]3CC[C@H]2C3)sc2c1CC[C@H](C)C2. The molecule has 1 aromatic rings. The second-order valence-electron chi connectivity index (χ2n) is 8.05. The van der Waals surface area contributed by atoms with Gasteiger partial charge in [0.05, 0.1) is 12.2 Å². The summed E-state index contributed by atoms with van der Waals surface area (Å²) in [6.07, 6.45) is 7.70. The van der Waals surface area contributed by atoms with Crippen molar-refractivity contribution in [2.24, 2.45) is 23.7 Å². The van der Waals surface area contributed by atoms with E-state index < -0.39 is 0 Å². The number of carbonyl (C=O) groups is 2. The molecule has 0 saturated heterocycles. The molecule has 0 aromatic carbocycles. The van der Waals surface area contributed by atoms with Gasteiger partial charge in [-0.1, -0.05) is 13.3 Å². The van der Waals surface area contributed by atoms with Gasteiger partial charge in [-0.2, -0.15) is 0 Å². The summed E-state index contributed by atoms with van der Waals surface area (Å²) in [7, 11) is 0. The Bertz CT molecular complexity index is 695. The number of rotatable bonds is 4. The number of anilines is 1. The Hall–Kier alpha value is -1.36. The lowest BCUT2D eigenvalue weighted by atomic mass is 9.87. The molecule has 5 heteroatoms. The van der Waals surface area contributed by atoms with Crippen molar-refractivity contribution in [3.05, 3.63) is 16.0 Å². The maximum absolute atomic E-state index is 12.9. The van der Waals surface area contributed by atoms with Crippen LogP contribution in [0.2, 0.25) is 0 Å². The average Bonchev–Trinajstić information content (AvgIpc) is 3.27. The summed E-state index contributed by atoms with van der Waals surface area (Å²) in [4.78, 5) is 26.7. The molecule has 4 nitrogen and oxygen atoms in total. The maximum Gasteiger partial charge on any atom is 0.341 e. The molecular formula is C20H27NO3S. The molecule has 1 heterocycles. The third kappa shape index (κ3) is 3.12. The summed E-state index contributed by atoms with van der Waals surface area (Å²) in [5, 5.41) is 3.85. The Morgan fingerprint density at radius 2 is 2.08 bits per heavy atom. The fourth-order valence-electron chi connectivity index (χ4n) is 5.03. The average molecular weight is 362 g/mol. The maximum atomic E-state index is 12.9. The van der Waals surface area contributed by atoms with Crippen LogP contribution >= 0.6 is 11.3 Å². The smallest absolute Gasteiger partial charge is 0.341 e. The van der Waals surface area contributed by atoms with Crippen LogP contribution in [0.3, 0.4) is 0 Å². The van der Waals surface area contributed by atoms with E-state index in [-0.39, 0.29) is 17.8 Å². The standard InChI is InChI=1S/C20H27NO3S/c1-3-24-20(23)17-14-7-4-11(2)8-16(14)25-19(17)21-18(22)15-10-12-5-6-13(15)9-12/h11-13,15H,3-10H2,1-2H3,(H,21,22)/t11-,12-,13-,15-/m0/s1. The first-order valence-corrected chi connectivity index (χ1v) is 10.5. The zero-order valence-electron chi connectivity index (χ0n) is 15.1. The van der Waals surface area contributed by atoms with E-state index in [0.717, 1.165) is 42.2 Å². The summed E-state index contributed by atoms with van der Waals surface area (Å²) < 4.78 is 5.29. The second kappa shape index (κ2) is 6.75. The van der Waals surface area contributed by atoms with Crippen LogP contribution in [0.25, 0.3) is 0 Å². The lowest BCUT2D eigenvalue weighted by molar-refractivity contribution is -0.121. The molecule has 1 N–H and O–H groups in total. The number of thiophene rings is 1. The molecule has 25 heavy (non-hydrogen) atoms. The van der Waals surface area contributed by atoms with Crippen LogP contribution in [0.5, 0.6) is 0 Å². The number of nitrogens with one attached hydrogen (secondary N) is 1. The van der Waals surface area contributed by atoms with Gasteiger partial charge >= 0.3 is 5.97 Å². The van der Waals surface area contributed by atoms with Gasteiger partial charge in [0, 0.05) is 10.8 Å². The molecule has 2 bridgehead atoms. The van der Waals surface area contributed by atoms with Crippen LogP contribution in [0.15, 0.2) is 0 Å². The summed E-state index contributed by atoms with van der Waals surface area (Å²) >= 11 is 1.59. The molecule has 3 aliphatic rings. The van der Waals surface area contributed by atoms with E-state index in [1.165, 1.54) is 24.1 Å². The minimum Gasteiger partial charge on any atom is -0.462 e. The quantitative estimate of drug-likeness (QED) is 0.808. The molecule has 3 aliphatic carbocycles. The Morgan fingerprint density at radius 1 is 1.24 bits per heavy atom. The number of hydrogen-bond acceptors (Lipinski definition) is 4. The highest BCUT2D eigenvalue weighted by Crippen LogP contribution is 2.49. The molecule has 4 atom stereocenters. The summed E-state index contributed by atoms with van der Waals surface area (Å²) in [5.41, 5.74) is 1.75. The van der Waals surface area contributed by atoms with Gasteiger partial charge in [-0.05, 0) is 68.8 Å². The largest absolute Gasteiger partial charge is 0.462 e. The van der Waals surface area contributed by atoms with E-state index in [1.807, 2.05) is 6.92 Å². The Labute approximate surface area is 153 Å². The van der Waals surface area contributed by atoms with Gasteiger partial charge in [0.15, 0.2) is 0 Å². The molecule has 0 spiro atoms. The fourth-order valence-corrected chi connectivity index (χ4v) is 6.43. The van der Waals surface area contributed by atoms with Crippen molar-refractivity contribution in [2.75, 3.05) is 11.9 Å². The molecule has 0 aliphatic heterocycles. The van der Waals surface area contributed by atoms with Gasteiger partial charge in [0.25, 0.3) is 0 Å². The molecule has 0 radical (unpaired) electrons. The van der Waals surface area contributed by atoms with E-state index >= 15 is 0 Å². The molecule has 2 saturated carbocycles. The lowest BCUT2D eigenvalue weighted by Gasteiger charge is -2.20. The molecule has 4 rings (SSSR count). The Kier molecular flexibility index (Phi) is 4.61. The van der Waals surface area contributed by atoms with Crippen LogP contribution in [0.4, 0.5) is 5.00 Å². The van der Waals surface area contributed by atoms with Crippen LogP contribution < -0.4 is 5.32 Å². The highest BCUT2D eigenvalue weighted by molar-refractivity contribution is 7.17. The number of fused-ring (bicyclic) bond motifs is 3. The second-order valence-corrected chi connectivity index (χ2v) is 9.15. The molecular weight excluding hydrogens is 334 g/mol. The number of ether oxygens (including phenoxy) is 1. The zero-order valence-corrected chi connectivity index (χ0v) is 15.9. The lowest BCUT2D eigenvalue weighted by Crippen LogP contribution is -2.27. The third-order valence-corrected chi connectivity index (χ3v) is 7.47. The molecule has 0 unspecified atom stereocenters. The first kappa shape index (κ1) is 17.1. The molecule has 1 amide bonds. The van der Waals surface area contributed by atoms with Crippen molar-refractivity contribution in [3.8, 4) is 0 Å². The van der Waals surface area contributed by atoms with Gasteiger partial charge in [-0.15, -0.1) is 11.3 Å². The van der Waals surface area contributed by atoms with Crippen LogP contribution in [0, 0.1) is 23.7 Å². The normalized spacial score (nSPS) is 30.2. The number of esters is 1. The van der Waals surface area contributed by atoms with Gasteiger partial charge in [0.2, 0.25) is 5.91 Å². The minimum absolute atomic E-state index is 0.115. The highest BCUT2D eigenvalue weighted by Gasteiger charge is 2.43. The number of amides is 1. The van der Waals surface area contributed by atoms with E-state index in [2.05, 4.69) is 12.2 Å². The van der Waals surface area contributed by atoms with Crippen molar-refractivity contribution in [1.29, 1.82) is 0 Å². The zero-order chi connectivity index (χ0) is 17.6. The van der Waals surface area contributed by atoms with Gasteiger partial charge in [-0.25, -0.2) is 4.79 Å². The van der Waals surface area contributed by atoms with E-state index in [9.17, 15) is 9.59 Å². The summed E-state index contributed by atoms with van der Waals surface area (Å²) in [6.45, 7) is 4.44. The van der Waals surface area contributed by atoms with Crippen LogP contribution in [-0.4, -0.2) is 18.5 Å². The van der Waals surface area contributed by atoms with Gasteiger partial charge in [0.1, 0.15) is 5.00 Å². The number of carbonyl (C=O) groups excluding carboxylic acids is 2. The van der Waals surface area contributed by atoms with Crippen molar-refractivity contribution in [1.82, 2.24) is 0 Å². The van der Waals surface area contributed by atoms with Crippen molar-refractivity contribution < 1.29 is 14.3 Å². The molecule has 1 aromatic heterocycles. The number of hydrogen-bond donors (Lipinski definition) is 1. The third-order valence-electron chi connectivity index (χ3n) is 6.30. The Balaban J connectivity index is 1.59. The Morgan fingerprint density at radius 3 is 2.76 bits per heavy atom. The summed E-state index contributed by atoms with van der Waals surface area (Å²) in [6, 6.07) is 0. The minimum atomic E-state index is -0.280. The highest BCUT2D eigenvalue weighted by atomic mass is 32.1. The van der Waals surface area contributed by atoms with Crippen LogP contribution in [-0.2, 0) is 22.4 Å². The first-order valence-electron chi connectivity index (χ1n) is 9.69.